The van der Waals surface area contributed by atoms with Gasteiger partial charge in [-0.3, -0.25) is 4.98 Å². The minimum Gasteiger partial charge on any atom is -0.385 e. The first-order chi connectivity index (χ1) is 12.6. The molecule has 0 amide bonds. The van der Waals surface area contributed by atoms with Gasteiger partial charge in [-0.15, -0.1) is 0 Å². The highest BCUT2D eigenvalue weighted by Gasteiger charge is 2.05. The Labute approximate surface area is 160 Å². The molecule has 0 atom stereocenters. The molecule has 26 heavy (non-hydrogen) atoms. The first kappa shape index (κ1) is 22.0. The second-order valence-corrected chi connectivity index (χ2v) is 6.84. The Morgan fingerprint density at radius 3 is 2.58 bits per heavy atom. The Morgan fingerprint density at radius 1 is 1.12 bits per heavy atom. The van der Waals surface area contributed by atoms with Gasteiger partial charge in [0.25, 0.3) is 0 Å². The molecule has 0 saturated heterocycles. The highest BCUT2D eigenvalue weighted by Crippen LogP contribution is 2.19. The molecular formula is C24H36N2. The lowest BCUT2D eigenvalue weighted by Gasteiger charge is -2.14. The third kappa shape index (κ3) is 8.84. The molecule has 0 saturated carbocycles. The molecule has 2 heteroatoms. The maximum atomic E-state index is 4.36. The molecule has 0 fully saturated rings. The van der Waals surface area contributed by atoms with Gasteiger partial charge in [-0.05, 0) is 49.5 Å². The predicted molar refractivity (Wildman–Crippen MR) is 115 cm³/mol. The zero-order valence-electron chi connectivity index (χ0n) is 17.0. The monoisotopic (exact) mass is 352 g/mol. The number of nitrogens with zero attached hydrogens (tertiary/aromatic N) is 1. The van der Waals surface area contributed by atoms with E-state index in [0.29, 0.717) is 0 Å². The van der Waals surface area contributed by atoms with Crippen LogP contribution < -0.4 is 5.32 Å². The molecule has 1 heterocycles. The zero-order chi connectivity index (χ0) is 19.2. The van der Waals surface area contributed by atoms with Gasteiger partial charge >= 0.3 is 0 Å². The SMILES string of the molecule is C=C(CC)/C(=C/C=C(\C)CCCCCC)C(=C)NCCc1ccccn1. The average Bonchev–Trinajstić information content (AvgIpc) is 2.66. The van der Waals surface area contributed by atoms with Gasteiger partial charge < -0.3 is 5.32 Å². The van der Waals surface area contributed by atoms with E-state index in [-0.39, 0.29) is 0 Å². The summed E-state index contributed by atoms with van der Waals surface area (Å²) in [6, 6.07) is 6.02. The summed E-state index contributed by atoms with van der Waals surface area (Å²) in [4.78, 5) is 4.36. The summed E-state index contributed by atoms with van der Waals surface area (Å²) >= 11 is 0. The van der Waals surface area contributed by atoms with Crippen LogP contribution in [0.5, 0.6) is 0 Å². The maximum absolute atomic E-state index is 4.36. The third-order valence-electron chi connectivity index (χ3n) is 4.54. The van der Waals surface area contributed by atoms with Crippen LogP contribution in [-0.2, 0) is 6.42 Å². The molecule has 1 aromatic rings. The molecular weight excluding hydrogens is 316 g/mol. The number of nitrogens with one attached hydrogen (secondary N) is 1. The summed E-state index contributed by atoms with van der Waals surface area (Å²) < 4.78 is 0. The van der Waals surface area contributed by atoms with E-state index in [2.05, 4.69) is 62.4 Å². The fourth-order valence-electron chi connectivity index (χ4n) is 2.74. The average molecular weight is 353 g/mol. The van der Waals surface area contributed by atoms with Crippen molar-refractivity contribution in [3.8, 4) is 0 Å². The number of hydrogen-bond donors (Lipinski definition) is 1. The summed E-state index contributed by atoms with van der Waals surface area (Å²) in [5.74, 6) is 0. The van der Waals surface area contributed by atoms with E-state index in [1.165, 1.54) is 37.7 Å². The van der Waals surface area contributed by atoms with Crippen molar-refractivity contribution in [3.05, 3.63) is 77.8 Å². The number of aromatic nitrogens is 1. The molecule has 142 valence electrons. The standard InChI is InChI=1S/C24H36N2/c1-6-8-9-10-13-20(3)15-16-24(21(4)7-2)22(5)25-19-17-23-14-11-12-18-26-23/h11-12,14-16,18,25H,4-10,13,17,19H2,1-3H3/b20-15+,24-16-. The molecule has 0 spiro atoms. The van der Waals surface area contributed by atoms with Gasteiger partial charge in [0, 0.05) is 30.6 Å². The summed E-state index contributed by atoms with van der Waals surface area (Å²) in [6.07, 6.45) is 14.4. The highest BCUT2D eigenvalue weighted by molar-refractivity contribution is 5.45. The van der Waals surface area contributed by atoms with Gasteiger partial charge in [-0.2, -0.15) is 0 Å². The second kappa shape index (κ2) is 13.2. The molecule has 0 unspecified atom stereocenters. The highest BCUT2D eigenvalue weighted by atomic mass is 14.9. The van der Waals surface area contributed by atoms with Crippen LogP contribution in [0.2, 0.25) is 0 Å². The molecule has 0 bridgehead atoms. The number of rotatable bonds is 13. The van der Waals surface area contributed by atoms with Gasteiger partial charge in [0.2, 0.25) is 0 Å². The molecule has 0 aliphatic carbocycles. The van der Waals surface area contributed by atoms with E-state index < -0.39 is 0 Å². The lowest BCUT2D eigenvalue weighted by Crippen LogP contribution is -2.18. The van der Waals surface area contributed by atoms with Crippen LogP contribution >= 0.6 is 0 Å². The second-order valence-electron chi connectivity index (χ2n) is 6.84. The van der Waals surface area contributed by atoms with Crippen molar-refractivity contribution in [2.45, 2.75) is 65.7 Å². The van der Waals surface area contributed by atoms with Crippen LogP contribution in [-0.4, -0.2) is 11.5 Å². The minimum atomic E-state index is 0.823. The summed E-state index contributed by atoms with van der Waals surface area (Å²) in [7, 11) is 0. The summed E-state index contributed by atoms with van der Waals surface area (Å²) in [5.41, 5.74) is 5.71. The third-order valence-corrected chi connectivity index (χ3v) is 4.54. The molecule has 0 aliphatic rings. The maximum Gasteiger partial charge on any atom is 0.0421 e. The smallest absolute Gasteiger partial charge is 0.0421 e. The van der Waals surface area contributed by atoms with Gasteiger partial charge in [0.1, 0.15) is 0 Å². The minimum absolute atomic E-state index is 0.823. The molecule has 0 radical (unpaired) electrons. The predicted octanol–water partition coefficient (Wildman–Crippen LogP) is 6.54. The Bertz CT molecular complexity index is 608. The van der Waals surface area contributed by atoms with Crippen molar-refractivity contribution in [1.29, 1.82) is 0 Å². The van der Waals surface area contributed by atoms with Crippen LogP contribution in [0.4, 0.5) is 0 Å². The molecule has 2 nitrogen and oxygen atoms in total. The molecule has 0 aromatic carbocycles. The fraction of sp³-hybridized carbons (Fsp3) is 0.458. The Balaban J connectivity index is 2.60. The van der Waals surface area contributed by atoms with Crippen molar-refractivity contribution < 1.29 is 0 Å². The number of unbranched alkanes of at least 4 members (excludes halogenated alkanes) is 3. The molecule has 1 aromatic heterocycles. The number of pyridine rings is 1. The largest absolute Gasteiger partial charge is 0.385 e. The van der Waals surface area contributed by atoms with E-state index >= 15 is 0 Å². The number of allylic oxidation sites excluding steroid dienone is 4. The van der Waals surface area contributed by atoms with Crippen molar-refractivity contribution in [2.75, 3.05) is 6.54 Å². The fourth-order valence-corrected chi connectivity index (χ4v) is 2.74. The van der Waals surface area contributed by atoms with E-state index in [0.717, 1.165) is 41.9 Å². The molecule has 0 aliphatic heterocycles. The van der Waals surface area contributed by atoms with E-state index in [1.807, 2.05) is 18.3 Å². The molecule has 1 rings (SSSR count). The van der Waals surface area contributed by atoms with Crippen LogP contribution in [0, 0.1) is 0 Å². The van der Waals surface area contributed by atoms with Crippen LogP contribution in [0.1, 0.15) is 65.0 Å². The lowest BCUT2D eigenvalue weighted by molar-refractivity contribution is 0.664. The van der Waals surface area contributed by atoms with Gasteiger partial charge in [0.15, 0.2) is 0 Å². The van der Waals surface area contributed by atoms with Crippen LogP contribution in [0.25, 0.3) is 0 Å². The van der Waals surface area contributed by atoms with Crippen molar-refractivity contribution in [1.82, 2.24) is 10.3 Å². The van der Waals surface area contributed by atoms with Gasteiger partial charge in [0.05, 0.1) is 0 Å². The number of hydrogen-bond acceptors (Lipinski definition) is 2. The topological polar surface area (TPSA) is 24.9 Å². The van der Waals surface area contributed by atoms with Gasteiger partial charge in [-0.1, -0.05) is 70.1 Å². The van der Waals surface area contributed by atoms with E-state index in [1.54, 1.807) is 0 Å². The van der Waals surface area contributed by atoms with Crippen molar-refractivity contribution in [3.63, 3.8) is 0 Å². The summed E-state index contributed by atoms with van der Waals surface area (Å²) in [6.45, 7) is 15.9. The normalized spacial score (nSPS) is 12.1. The lowest BCUT2D eigenvalue weighted by atomic mass is 10.0. The first-order valence-electron chi connectivity index (χ1n) is 9.97. The Morgan fingerprint density at radius 2 is 1.92 bits per heavy atom. The molecule has 1 N–H and O–H groups in total. The zero-order valence-corrected chi connectivity index (χ0v) is 17.0. The van der Waals surface area contributed by atoms with Crippen LogP contribution in [0.3, 0.4) is 0 Å². The first-order valence-corrected chi connectivity index (χ1v) is 9.97. The van der Waals surface area contributed by atoms with Crippen molar-refractivity contribution in [2.24, 2.45) is 0 Å². The van der Waals surface area contributed by atoms with Crippen molar-refractivity contribution >= 4 is 0 Å². The van der Waals surface area contributed by atoms with E-state index in [4.69, 9.17) is 0 Å². The van der Waals surface area contributed by atoms with Gasteiger partial charge in [-0.25, -0.2) is 0 Å². The summed E-state index contributed by atoms with van der Waals surface area (Å²) in [5, 5.41) is 3.44. The Hall–Kier alpha value is -2.09. The quantitative estimate of drug-likeness (QED) is 0.322. The van der Waals surface area contributed by atoms with E-state index in [9.17, 15) is 0 Å². The van der Waals surface area contributed by atoms with Crippen LogP contribution in [0.15, 0.2) is 72.1 Å². The Kier molecular flexibility index (Phi) is 11.1.